The Labute approximate surface area is 118 Å². The van der Waals surface area contributed by atoms with Crippen molar-refractivity contribution < 1.29 is 9.90 Å². The summed E-state index contributed by atoms with van der Waals surface area (Å²) < 4.78 is 0. The van der Waals surface area contributed by atoms with Crippen LogP contribution >= 0.6 is 11.6 Å². The molecule has 19 heavy (non-hydrogen) atoms. The van der Waals surface area contributed by atoms with Gasteiger partial charge in [-0.05, 0) is 43.9 Å². The number of nitrogens with zero attached hydrogens (tertiary/aromatic N) is 1. The van der Waals surface area contributed by atoms with Crippen molar-refractivity contribution in [2.24, 2.45) is 5.73 Å². The first-order valence-corrected chi connectivity index (χ1v) is 6.92. The van der Waals surface area contributed by atoms with E-state index in [9.17, 15) is 9.90 Å². The first-order chi connectivity index (χ1) is 9.00. The SMILES string of the molecule is CC(O)c1ccc(N2CCCCC2C(N)=O)c(Cl)c1. The van der Waals surface area contributed by atoms with Gasteiger partial charge in [-0.1, -0.05) is 17.7 Å². The minimum Gasteiger partial charge on any atom is -0.389 e. The highest BCUT2D eigenvalue weighted by molar-refractivity contribution is 6.33. The lowest BCUT2D eigenvalue weighted by molar-refractivity contribution is -0.119. The zero-order valence-electron chi connectivity index (χ0n) is 11.0. The summed E-state index contributed by atoms with van der Waals surface area (Å²) in [7, 11) is 0. The monoisotopic (exact) mass is 282 g/mol. The molecule has 3 N–H and O–H groups in total. The molecule has 2 rings (SSSR count). The average molecular weight is 283 g/mol. The second-order valence-corrected chi connectivity index (χ2v) is 5.40. The van der Waals surface area contributed by atoms with Gasteiger partial charge in [0.2, 0.25) is 5.91 Å². The van der Waals surface area contributed by atoms with Crippen molar-refractivity contribution in [2.45, 2.75) is 38.3 Å². The molecular formula is C14H19ClN2O2. The predicted octanol–water partition coefficient (Wildman–Crippen LogP) is 2.24. The van der Waals surface area contributed by atoms with Crippen molar-refractivity contribution >= 4 is 23.2 Å². The Hall–Kier alpha value is -1.26. The van der Waals surface area contributed by atoms with E-state index in [2.05, 4.69) is 0 Å². The van der Waals surface area contributed by atoms with E-state index in [-0.39, 0.29) is 11.9 Å². The number of piperidine rings is 1. The maximum Gasteiger partial charge on any atom is 0.240 e. The number of aliphatic hydroxyl groups is 1. The van der Waals surface area contributed by atoms with E-state index in [0.717, 1.165) is 37.1 Å². The molecule has 1 saturated heterocycles. The zero-order valence-corrected chi connectivity index (χ0v) is 11.7. The van der Waals surface area contributed by atoms with Gasteiger partial charge in [0.1, 0.15) is 6.04 Å². The third-order valence-corrected chi connectivity index (χ3v) is 3.90. The Balaban J connectivity index is 2.31. The van der Waals surface area contributed by atoms with E-state index in [1.807, 2.05) is 17.0 Å². The minimum atomic E-state index is -0.556. The largest absolute Gasteiger partial charge is 0.389 e. The molecule has 0 aliphatic carbocycles. The van der Waals surface area contributed by atoms with Crippen LogP contribution in [0.2, 0.25) is 5.02 Å². The number of rotatable bonds is 3. The predicted molar refractivity (Wildman–Crippen MR) is 76.3 cm³/mol. The smallest absolute Gasteiger partial charge is 0.240 e. The van der Waals surface area contributed by atoms with Crippen LogP contribution in [0.25, 0.3) is 0 Å². The molecule has 5 heteroatoms. The van der Waals surface area contributed by atoms with E-state index in [4.69, 9.17) is 17.3 Å². The highest BCUT2D eigenvalue weighted by Crippen LogP contribution is 2.33. The number of benzene rings is 1. The summed E-state index contributed by atoms with van der Waals surface area (Å²) in [4.78, 5) is 13.5. The molecule has 4 nitrogen and oxygen atoms in total. The van der Waals surface area contributed by atoms with Crippen molar-refractivity contribution in [3.8, 4) is 0 Å². The fourth-order valence-electron chi connectivity index (χ4n) is 2.53. The summed E-state index contributed by atoms with van der Waals surface area (Å²) in [5.74, 6) is -0.310. The van der Waals surface area contributed by atoms with Crippen molar-refractivity contribution in [2.75, 3.05) is 11.4 Å². The van der Waals surface area contributed by atoms with Crippen molar-refractivity contribution in [1.82, 2.24) is 0 Å². The lowest BCUT2D eigenvalue weighted by Crippen LogP contribution is -2.48. The fourth-order valence-corrected chi connectivity index (χ4v) is 2.83. The maximum absolute atomic E-state index is 11.5. The van der Waals surface area contributed by atoms with Crippen LogP contribution in [0, 0.1) is 0 Å². The average Bonchev–Trinajstić information content (AvgIpc) is 2.38. The number of halogens is 1. The summed E-state index contributed by atoms with van der Waals surface area (Å²) in [6, 6.07) is 5.14. The van der Waals surface area contributed by atoms with Crippen LogP contribution in [0.5, 0.6) is 0 Å². The van der Waals surface area contributed by atoms with Gasteiger partial charge in [-0.15, -0.1) is 0 Å². The molecule has 1 aliphatic rings. The fraction of sp³-hybridized carbons (Fsp3) is 0.500. The summed E-state index contributed by atoms with van der Waals surface area (Å²) in [6.45, 7) is 2.47. The van der Waals surface area contributed by atoms with Gasteiger partial charge in [-0.25, -0.2) is 0 Å². The molecule has 2 unspecified atom stereocenters. The number of aliphatic hydroxyl groups excluding tert-OH is 1. The van der Waals surface area contributed by atoms with E-state index in [1.54, 1.807) is 13.0 Å². The lowest BCUT2D eigenvalue weighted by Gasteiger charge is -2.36. The summed E-state index contributed by atoms with van der Waals surface area (Å²) in [5.41, 5.74) is 7.04. The zero-order chi connectivity index (χ0) is 14.0. The number of anilines is 1. The topological polar surface area (TPSA) is 66.6 Å². The van der Waals surface area contributed by atoms with E-state index in [1.165, 1.54) is 0 Å². The molecule has 1 heterocycles. The van der Waals surface area contributed by atoms with E-state index >= 15 is 0 Å². The van der Waals surface area contributed by atoms with Gasteiger partial charge in [0, 0.05) is 6.54 Å². The van der Waals surface area contributed by atoms with E-state index < -0.39 is 6.10 Å². The van der Waals surface area contributed by atoms with Crippen LogP contribution in [0.4, 0.5) is 5.69 Å². The molecule has 104 valence electrons. The minimum absolute atomic E-state index is 0.288. The van der Waals surface area contributed by atoms with Gasteiger partial charge in [0.05, 0.1) is 16.8 Å². The Bertz CT molecular complexity index is 477. The number of hydrogen-bond acceptors (Lipinski definition) is 3. The highest BCUT2D eigenvalue weighted by atomic mass is 35.5. The molecule has 0 saturated carbocycles. The van der Waals surface area contributed by atoms with Crippen LogP contribution in [-0.4, -0.2) is 23.6 Å². The van der Waals surface area contributed by atoms with Gasteiger partial charge >= 0.3 is 0 Å². The third-order valence-electron chi connectivity index (χ3n) is 3.59. The van der Waals surface area contributed by atoms with Gasteiger partial charge in [-0.2, -0.15) is 0 Å². The number of primary amides is 1. The van der Waals surface area contributed by atoms with Crippen molar-refractivity contribution in [1.29, 1.82) is 0 Å². The molecule has 1 aromatic rings. The van der Waals surface area contributed by atoms with E-state index in [0.29, 0.717) is 5.02 Å². The summed E-state index contributed by atoms with van der Waals surface area (Å²) in [6.07, 6.45) is 2.25. The van der Waals surface area contributed by atoms with Crippen LogP contribution in [-0.2, 0) is 4.79 Å². The Morgan fingerprint density at radius 3 is 2.84 bits per heavy atom. The quantitative estimate of drug-likeness (QED) is 0.893. The molecule has 1 fully saturated rings. The normalized spacial score (nSPS) is 21.2. The van der Waals surface area contributed by atoms with Gasteiger partial charge < -0.3 is 15.7 Å². The van der Waals surface area contributed by atoms with Crippen LogP contribution in [0.15, 0.2) is 18.2 Å². The molecule has 2 atom stereocenters. The second-order valence-electron chi connectivity index (χ2n) is 4.99. The van der Waals surface area contributed by atoms with Crippen LogP contribution in [0.1, 0.15) is 37.9 Å². The summed E-state index contributed by atoms with van der Waals surface area (Å²) in [5, 5.41) is 10.1. The molecule has 0 spiro atoms. The van der Waals surface area contributed by atoms with Crippen LogP contribution < -0.4 is 10.6 Å². The molecule has 0 aromatic heterocycles. The number of carbonyl (C=O) groups is 1. The van der Waals surface area contributed by atoms with Gasteiger partial charge in [0.15, 0.2) is 0 Å². The Morgan fingerprint density at radius 2 is 2.26 bits per heavy atom. The van der Waals surface area contributed by atoms with Crippen molar-refractivity contribution in [3.05, 3.63) is 28.8 Å². The highest BCUT2D eigenvalue weighted by Gasteiger charge is 2.28. The number of nitrogens with two attached hydrogens (primary N) is 1. The molecule has 1 amide bonds. The molecule has 1 aromatic carbocycles. The second kappa shape index (κ2) is 5.80. The first-order valence-electron chi connectivity index (χ1n) is 6.54. The molecular weight excluding hydrogens is 264 g/mol. The molecule has 0 radical (unpaired) electrons. The lowest BCUT2D eigenvalue weighted by atomic mass is 10.00. The van der Waals surface area contributed by atoms with Crippen LogP contribution in [0.3, 0.4) is 0 Å². The van der Waals surface area contributed by atoms with Crippen molar-refractivity contribution in [3.63, 3.8) is 0 Å². The third kappa shape index (κ3) is 3.01. The first kappa shape index (κ1) is 14.2. The molecule has 0 bridgehead atoms. The number of carbonyl (C=O) groups excluding carboxylic acids is 1. The Kier molecular flexibility index (Phi) is 4.32. The maximum atomic E-state index is 11.5. The molecule has 1 aliphatic heterocycles. The van der Waals surface area contributed by atoms with Gasteiger partial charge in [0.25, 0.3) is 0 Å². The summed E-state index contributed by atoms with van der Waals surface area (Å²) >= 11 is 6.27. The van der Waals surface area contributed by atoms with Gasteiger partial charge in [-0.3, -0.25) is 4.79 Å². The Morgan fingerprint density at radius 1 is 1.53 bits per heavy atom. The number of hydrogen-bond donors (Lipinski definition) is 2. The number of amides is 1. The standard InChI is InChI=1S/C14H19ClN2O2/c1-9(18)10-5-6-12(11(15)8-10)17-7-3-2-4-13(17)14(16)19/h5-6,8-9,13,18H,2-4,7H2,1H3,(H2,16,19).